The van der Waals surface area contributed by atoms with E-state index in [9.17, 15) is 5.26 Å². The van der Waals surface area contributed by atoms with Crippen molar-refractivity contribution in [3.63, 3.8) is 0 Å². The van der Waals surface area contributed by atoms with E-state index in [1.165, 1.54) is 11.1 Å². The van der Waals surface area contributed by atoms with E-state index in [4.69, 9.17) is 10.5 Å². The van der Waals surface area contributed by atoms with Crippen molar-refractivity contribution in [2.75, 3.05) is 12.8 Å². The van der Waals surface area contributed by atoms with E-state index in [-0.39, 0.29) is 0 Å². The summed E-state index contributed by atoms with van der Waals surface area (Å²) < 4.78 is 5.59. The Morgan fingerprint density at radius 1 is 1.14 bits per heavy atom. The number of nitriles is 1. The number of aryl methyl sites for hydroxylation is 2. The summed E-state index contributed by atoms with van der Waals surface area (Å²) >= 11 is 0. The molecule has 3 nitrogen and oxygen atoms in total. The third-order valence-electron chi connectivity index (χ3n) is 4.70. The summed E-state index contributed by atoms with van der Waals surface area (Å²) in [5.41, 5.74) is 10.4. The summed E-state index contributed by atoms with van der Waals surface area (Å²) in [6.07, 6.45) is 3.16. The number of fused-ring (bicyclic) bond motifs is 4. The van der Waals surface area contributed by atoms with Gasteiger partial charge in [-0.25, -0.2) is 0 Å². The van der Waals surface area contributed by atoms with Crippen molar-refractivity contribution in [1.82, 2.24) is 0 Å². The van der Waals surface area contributed by atoms with Crippen LogP contribution >= 0.6 is 0 Å². The summed E-state index contributed by atoms with van der Waals surface area (Å²) in [7, 11) is 1.66. The lowest BCUT2D eigenvalue weighted by Gasteiger charge is -2.17. The van der Waals surface area contributed by atoms with Crippen LogP contribution in [0.4, 0.5) is 5.69 Å². The van der Waals surface area contributed by atoms with Crippen LogP contribution in [-0.4, -0.2) is 7.11 Å². The highest BCUT2D eigenvalue weighted by Crippen LogP contribution is 2.44. The number of hydrogen-bond acceptors (Lipinski definition) is 3. The minimum absolute atomic E-state index is 0.705. The van der Waals surface area contributed by atoms with Crippen molar-refractivity contribution < 1.29 is 4.74 Å². The molecule has 108 valence electrons. The molecule has 0 atom stereocenters. The van der Waals surface area contributed by atoms with Gasteiger partial charge in [0.15, 0.2) is 0 Å². The molecule has 0 aliphatic heterocycles. The van der Waals surface area contributed by atoms with Gasteiger partial charge in [-0.05, 0) is 36.5 Å². The maximum atomic E-state index is 9.79. The van der Waals surface area contributed by atoms with E-state index in [0.29, 0.717) is 5.69 Å². The molecular formula is C19H16N2O. The molecule has 0 saturated carbocycles. The highest BCUT2D eigenvalue weighted by molar-refractivity contribution is 6.17. The van der Waals surface area contributed by atoms with Crippen LogP contribution in [0, 0.1) is 11.3 Å². The van der Waals surface area contributed by atoms with Gasteiger partial charge in [0.25, 0.3) is 0 Å². The van der Waals surface area contributed by atoms with E-state index < -0.39 is 0 Å². The number of nitrogens with zero attached hydrogens (tertiary/aromatic N) is 1. The number of nitrogens with two attached hydrogens (primary N) is 1. The number of hydrogen-bond donors (Lipinski definition) is 1. The molecule has 0 amide bonds. The minimum atomic E-state index is 0.705. The van der Waals surface area contributed by atoms with Gasteiger partial charge in [-0.15, -0.1) is 0 Å². The van der Waals surface area contributed by atoms with Crippen molar-refractivity contribution in [2.45, 2.75) is 19.3 Å². The van der Waals surface area contributed by atoms with Gasteiger partial charge in [-0.1, -0.05) is 24.3 Å². The van der Waals surface area contributed by atoms with Crippen molar-refractivity contribution in [2.24, 2.45) is 0 Å². The first kappa shape index (κ1) is 13.0. The zero-order chi connectivity index (χ0) is 15.3. The lowest BCUT2D eigenvalue weighted by Crippen LogP contribution is -1.99. The topological polar surface area (TPSA) is 59.0 Å². The van der Waals surface area contributed by atoms with Crippen LogP contribution in [0.15, 0.2) is 30.3 Å². The van der Waals surface area contributed by atoms with Crippen molar-refractivity contribution in [1.29, 1.82) is 5.26 Å². The largest absolute Gasteiger partial charge is 0.496 e. The lowest BCUT2D eigenvalue weighted by molar-refractivity contribution is 0.419. The van der Waals surface area contributed by atoms with Crippen molar-refractivity contribution in [3.8, 4) is 11.8 Å². The third-order valence-corrected chi connectivity index (χ3v) is 4.70. The number of anilines is 1. The SMILES string of the molecule is COc1cc2c(c3c(C#N)c4ccccc4c(N)c13)CCC2. The second-order valence-corrected chi connectivity index (χ2v) is 5.77. The molecule has 0 spiro atoms. The molecule has 0 unspecified atom stereocenters. The number of benzene rings is 3. The van der Waals surface area contributed by atoms with Crippen molar-refractivity contribution >= 4 is 27.2 Å². The Kier molecular flexibility index (Phi) is 2.74. The summed E-state index contributed by atoms with van der Waals surface area (Å²) in [4.78, 5) is 0. The second kappa shape index (κ2) is 4.64. The highest BCUT2D eigenvalue weighted by atomic mass is 16.5. The Labute approximate surface area is 128 Å². The van der Waals surface area contributed by atoms with Gasteiger partial charge in [-0.2, -0.15) is 5.26 Å². The molecule has 22 heavy (non-hydrogen) atoms. The molecule has 3 heteroatoms. The summed E-state index contributed by atoms with van der Waals surface area (Å²) in [5.74, 6) is 0.774. The number of ether oxygens (including phenoxy) is 1. The summed E-state index contributed by atoms with van der Waals surface area (Å²) in [5, 5.41) is 13.5. The molecule has 0 fully saturated rings. The van der Waals surface area contributed by atoms with Gasteiger partial charge in [0, 0.05) is 21.5 Å². The Bertz CT molecular complexity index is 967. The van der Waals surface area contributed by atoms with Crippen LogP contribution < -0.4 is 10.5 Å². The molecule has 1 aliphatic rings. The lowest BCUT2D eigenvalue weighted by atomic mass is 9.90. The average Bonchev–Trinajstić information content (AvgIpc) is 3.03. The molecule has 2 N–H and O–H groups in total. The normalized spacial score (nSPS) is 13.3. The Hall–Kier alpha value is -2.73. The van der Waals surface area contributed by atoms with Crippen LogP contribution in [0.2, 0.25) is 0 Å². The zero-order valence-corrected chi connectivity index (χ0v) is 12.4. The minimum Gasteiger partial charge on any atom is -0.496 e. The van der Waals surface area contributed by atoms with E-state index in [1.807, 2.05) is 24.3 Å². The van der Waals surface area contributed by atoms with Crippen LogP contribution in [0.3, 0.4) is 0 Å². The molecule has 3 aromatic rings. The zero-order valence-electron chi connectivity index (χ0n) is 12.4. The molecule has 1 aliphatic carbocycles. The monoisotopic (exact) mass is 288 g/mol. The molecule has 0 heterocycles. The first-order valence-corrected chi connectivity index (χ1v) is 7.49. The second-order valence-electron chi connectivity index (χ2n) is 5.77. The highest BCUT2D eigenvalue weighted by Gasteiger charge is 2.23. The molecular weight excluding hydrogens is 272 g/mol. The van der Waals surface area contributed by atoms with Gasteiger partial charge in [0.05, 0.1) is 18.4 Å². The van der Waals surface area contributed by atoms with E-state index >= 15 is 0 Å². The molecule has 3 aromatic carbocycles. The van der Waals surface area contributed by atoms with E-state index in [2.05, 4.69) is 12.1 Å². The van der Waals surface area contributed by atoms with Gasteiger partial charge in [-0.3, -0.25) is 0 Å². The fraction of sp³-hybridized carbons (Fsp3) is 0.211. The van der Waals surface area contributed by atoms with Crippen LogP contribution in [0.5, 0.6) is 5.75 Å². The average molecular weight is 288 g/mol. The number of methoxy groups -OCH3 is 1. The Morgan fingerprint density at radius 2 is 1.91 bits per heavy atom. The first-order chi connectivity index (χ1) is 10.8. The predicted molar refractivity (Wildman–Crippen MR) is 89.2 cm³/mol. The fourth-order valence-electron chi connectivity index (χ4n) is 3.74. The van der Waals surface area contributed by atoms with E-state index in [0.717, 1.165) is 52.1 Å². The van der Waals surface area contributed by atoms with Crippen LogP contribution in [0.1, 0.15) is 23.1 Å². The maximum absolute atomic E-state index is 9.79. The molecule has 4 rings (SSSR count). The number of rotatable bonds is 1. The number of nitrogen functional groups attached to an aromatic ring is 1. The maximum Gasteiger partial charge on any atom is 0.129 e. The third kappa shape index (κ3) is 1.55. The van der Waals surface area contributed by atoms with Crippen LogP contribution in [-0.2, 0) is 12.8 Å². The first-order valence-electron chi connectivity index (χ1n) is 7.49. The molecule has 0 bridgehead atoms. The smallest absolute Gasteiger partial charge is 0.129 e. The Balaban J connectivity index is 2.35. The standard InChI is InChI=1S/C19H16N2O/c1-22-16-9-11-5-4-8-12(11)17-15(10-20)13-6-2-3-7-14(13)19(21)18(16)17/h2-3,6-7,9H,4-5,8,21H2,1H3. The van der Waals surface area contributed by atoms with E-state index in [1.54, 1.807) is 7.11 Å². The van der Waals surface area contributed by atoms with Crippen molar-refractivity contribution in [3.05, 3.63) is 47.0 Å². The van der Waals surface area contributed by atoms with Gasteiger partial charge in [0.2, 0.25) is 0 Å². The predicted octanol–water partition coefficient (Wildman–Crippen LogP) is 3.94. The molecule has 0 saturated heterocycles. The van der Waals surface area contributed by atoms with Gasteiger partial charge < -0.3 is 10.5 Å². The summed E-state index contributed by atoms with van der Waals surface area (Å²) in [6, 6.07) is 12.4. The van der Waals surface area contributed by atoms with Crippen LogP contribution in [0.25, 0.3) is 21.5 Å². The van der Waals surface area contributed by atoms with Gasteiger partial charge in [0.1, 0.15) is 11.8 Å². The fourth-order valence-corrected chi connectivity index (χ4v) is 3.74. The molecule has 0 radical (unpaired) electrons. The summed E-state index contributed by atoms with van der Waals surface area (Å²) in [6.45, 7) is 0. The van der Waals surface area contributed by atoms with Gasteiger partial charge >= 0.3 is 0 Å². The molecule has 0 aromatic heterocycles. The quantitative estimate of drug-likeness (QED) is 0.545. The Morgan fingerprint density at radius 3 is 2.64 bits per heavy atom.